The van der Waals surface area contributed by atoms with Crippen molar-refractivity contribution in [3.05, 3.63) is 0 Å². The smallest absolute Gasteiger partial charge is 0.317 e. The van der Waals surface area contributed by atoms with E-state index in [9.17, 15) is 9.59 Å². The van der Waals surface area contributed by atoms with Crippen LogP contribution in [0.25, 0.3) is 0 Å². The fourth-order valence-electron chi connectivity index (χ4n) is 2.45. The quantitative estimate of drug-likeness (QED) is 0.690. The van der Waals surface area contributed by atoms with Gasteiger partial charge >= 0.3 is 12.0 Å². The molecule has 1 aliphatic heterocycles. The summed E-state index contributed by atoms with van der Waals surface area (Å²) in [5.74, 6) is -0.282. The van der Waals surface area contributed by atoms with Crippen LogP contribution in [0, 0.1) is 5.92 Å². The molecule has 6 nitrogen and oxygen atoms in total. The van der Waals surface area contributed by atoms with Crippen LogP contribution in [0.2, 0.25) is 0 Å². The molecule has 0 unspecified atom stereocenters. The standard InChI is InChI=1S/C14H27N3O3/c1-16(2)9-3-8-15-14(20)17-10-6-12(7-11-17)4-5-13(18)19/h12H,3-11H2,1-2H3,(H,15,20)(H,18,19). The number of carboxylic acid groups (broad SMARTS) is 1. The highest BCUT2D eigenvalue weighted by Crippen LogP contribution is 2.21. The summed E-state index contributed by atoms with van der Waals surface area (Å²) in [5, 5.41) is 11.6. The highest BCUT2D eigenvalue weighted by molar-refractivity contribution is 5.74. The Kier molecular flexibility index (Phi) is 7.36. The summed E-state index contributed by atoms with van der Waals surface area (Å²) in [6.07, 6.45) is 3.75. The molecule has 0 saturated carbocycles. The number of rotatable bonds is 7. The zero-order chi connectivity index (χ0) is 15.0. The molecule has 0 spiro atoms. The number of likely N-dealkylation sites (tertiary alicyclic amines) is 1. The van der Waals surface area contributed by atoms with E-state index in [4.69, 9.17) is 5.11 Å². The van der Waals surface area contributed by atoms with Crippen LogP contribution < -0.4 is 5.32 Å². The molecule has 1 rings (SSSR count). The Labute approximate surface area is 121 Å². The van der Waals surface area contributed by atoms with E-state index in [-0.39, 0.29) is 12.5 Å². The first kappa shape index (κ1) is 16.8. The van der Waals surface area contributed by atoms with Crippen LogP contribution in [-0.2, 0) is 4.79 Å². The van der Waals surface area contributed by atoms with Gasteiger partial charge in [-0.05, 0) is 52.2 Å². The SMILES string of the molecule is CN(C)CCCNC(=O)N1CCC(CCC(=O)O)CC1. The number of aliphatic carboxylic acids is 1. The predicted octanol–water partition coefficient (Wildman–Crippen LogP) is 1.22. The van der Waals surface area contributed by atoms with E-state index in [1.54, 1.807) is 0 Å². The van der Waals surface area contributed by atoms with Gasteiger partial charge in [-0.1, -0.05) is 0 Å². The molecule has 0 aromatic carbocycles. The first-order chi connectivity index (χ1) is 9.49. The van der Waals surface area contributed by atoms with Gasteiger partial charge in [0.1, 0.15) is 0 Å². The van der Waals surface area contributed by atoms with Gasteiger partial charge in [-0.2, -0.15) is 0 Å². The molecule has 1 fully saturated rings. The van der Waals surface area contributed by atoms with E-state index < -0.39 is 5.97 Å². The molecular formula is C14H27N3O3. The first-order valence-electron chi connectivity index (χ1n) is 7.38. The Morgan fingerprint density at radius 2 is 1.95 bits per heavy atom. The molecule has 20 heavy (non-hydrogen) atoms. The third-order valence-electron chi connectivity index (χ3n) is 3.73. The Bertz CT molecular complexity index is 313. The molecule has 0 aliphatic carbocycles. The lowest BCUT2D eigenvalue weighted by atomic mass is 9.92. The number of hydrogen-bond donors (Lipinski definition) is 2. The van der Waals surface area contributed by atoms with Gasteiger partial charge < -0.3 is 20.2 Å². The van der Waals surface area contributed by atoms with Crippen LogP contribution in [0.4, 0.5) is 4.79 Å². The monoisotopic (exact) mass is 285 g/mol. The van der Waals surface area contributed by atoms with Crippen molar-refractivity contribution < 1.29 is 14.7 Å². The number of carbonyl (C=O) groups is 2. The number of nitrogens with zero attached hydrogens (tertiary/aromatic N) is 2. The van der Waals surface area contributed by atoms with Gasteiger partial charge in [0, 0.05) is 26.1 Å². The summed E-state index contributed by atoms with van der Waals surface area (Å²) in [4.78, 5) is 26.4. The van der Waals surface area contributed by atoms with Crippen LogP contribution in [0.15, 0.2) is 0 Å². The molecular weight excluding hydrogens is 258 g/mol. The average Bonchev–Trinajstić information content (AvgIpc) is 2.41. The van der Waals surface area contributed by atoms with Crippen molar-refractivity contribution in [2.75, 3.05) is 40.3 Å². The van der Waals surface area contributed by atoms with Crippen LogP contribution in [0.5, 0.6) is 0 Å². The maximum atomic E-state index is 11.9. The third kappa shape index (κ3) is 6.75. The number of nitrogens with one attached hydrogen (secondary N) is 1. The molecule has 0 bridgehead atoms. The van der Waals surface area contributed by atoms with E-state index in [2.05, 4.69) is 10.2 Å². The molecule has 1 heterocycles. The van der Waals surface area contributed by atoms with E-state index in [1.807, 2.05) is 19.0 Å². The van der Waals surface area contributed by atoms with E-state index in [0.717, 1.165) is 45.3 Å². The highest BCUT2D eigenvalue weighted by atomic mass is 16.4. The van der Waals surface area contributed by atoms with Crippen molar-refractivity contribution in [2.24, 2.45) is 5.92 Å². The molecule has 2 amide bonds. The van der Waals surface area contributed by atoms with E-state index >= 15 is 0 Å². The topological polar surface area (TPSA) is 72.9 Å². The Morgan fingerprint density at radius 1 is 1.30 bits per heavy atom. The maximum absolute atomic E-state index is 11.9. The lowest BCUT2D eigenvalue weighted by Gasteiger charge is -2.31. The molecule has 1 saturated heterocycles. The number of urea groups is 1. The summed E-state index contributed by atoms with van der Waals surface area (Å²) in [6, 6.07) is 0.0143. The van der Waals surface area contributed by atoms with Gasteiger partial charge in [-0.25, -0.2) is 4.79 Å². The first-order valence-corrected chi connectivity index (χ1v) is 7.38. The van der Waals surface area contributed by atoms with Crippen LogP contribution in [0.1, 0.15) is 32.1 Å². The lowest BCUT2D eigenvalue weighted by Crippen LogP contribution is -2.45. The van der Waals surface area contributed by atoms with E-state index in [0.29, 0.717) is 12.5 Å². The minimum Gasteiger partial charge on any atom is -0.481 e. The van der Waals surface area contributed by atoms with Crippen LogP contribution >= 0.6 is 0 Å². The second-order valence-corrected chi connectivity index (χ2v) is 5.75. The lowest BCUT2D eigenvalue weighted by molar-refractivity contribution is -0.137. The number of amides is 2. The number of carbonyl (C=O) groups excluding carboxylic acids is 1. The highest BCUT2D eigenvalue weighted by Gasteiger charge is 2.22. The van der Waals surface area contributed by atoms with Crippen molar-refractivity contribution >= 4 is 12.0 Å². The van der Waals surface area contributed by atoms with Crippen molar-refractivity contribution in [1.29, 1.82) is 0 Å². The minimum atomic E-state index is -0.730. The van der Waals surface area contributed by atoms with Crippen molar-refractivity contribution in [3.63, 3.8) is 0 Å². The Hall–Kier alpha value is -1.30. The van der Waals surface area contributed by atoms with Gasteiger partial charge in [0.2, 0.25) is 0 Å². The molecule has 116 valence electrons. The summed E-state index contributed by atoms with van der Waals surface area (Å²) in [6.45, 7) is 3.15. The zero-order valence-electron chi connectivity index (χ0n) is 12.6. The van der Waals surface area contributed by atoms with Crippen LogP contribution in [-0.4, -0.2) is 67.2 Å². The molecule has 0 atom stereocenters. The third-order valence-corrected chi connectivity index (χ3v) is 3.73. The van der Waals surface area contributed by atoms with E-state index in [1.165, 1.54) is 0 Å². The average molecular weight is 285 g/mol. The summed E-state index contributed by atoms with van der Waals surface area (Å²) in [5.41, 5.74) is 0. The van der Waals surface area contributed by atoms with Gasteiger partial charge in [-0.15, -0.1) is 0 Å². The second-order valence-electron chi connectivity index (χ2n) is 5.75. The summed E-state index contributed by atoms with van der Waals surface area (Å²) in [7, 11) is 4.04. The Morgan fingerprint density at radius 3 is 2.50 bits per heavy atom. The van der Waals surface area contributed by atoms with Gasteiger partial charge in [-0.3, -0.25) is 4.79 Å². The fraction of sp³-hybridized carbons (Fsp3) is 0.857. The van der Waals surface area contributed by atoms with Crippen molar-refractivity contribution in [2.45, 2.75) is 32.1 Å². The van der Waals surface area contributed by atoms with Crippen molar-refractivity contribution in [1.82, 2.24) is 15.1 Å². The van der Waals surface area contributed by atoms with Gasteiger partial charge in [0.05, 0.1) is 0 Å². The van der Waals surface area contributed by atoms with Crippen molar-refractivity contribution in [3.8, 4) is 0 Å². The summed E-state index contributed by atoms with van der Waals surface area (Å²) < 4.78 is 0. The molecule has 0 aromatic rings. The number of hydrogen-bond acceptors (Lipinski definition) is 3. The predicted molar refractivity (Wildman–Crippen MR) is 77.7 cm³/mol. The molecule has 0 radical (unpaired) electrons. The summed E-state index contributed by atoms with van der Waals surface area (Å²) >= 11 is 0. The van der Waals surface area contributed by atoms with Gasteiger partial charge in [0.15, 0.2) is 0 Å². The second kappa shape index (κ2) is 8.79. The zero-order valence-corrected chi connectivity index (χ0v) is 12.6. The van der Waals surface area contributed by atoms with Crippen LogP contribution in [0.3, 0.4) is 0 Å². The normalized spacial score (nSPS) is 16.4. The minimum absolute atomic E-state index is 0.0143. The largest absolute Gasteiger partial charge is 0.481 e. The molecule has 6 heteroatoms. The molecule has 0 aromatic heterocycles. The fourth-order valence-corrected chi connectivity index (χ4v) is 2.45. The number of carboxylic acids is 1. The maximum Gasteiger partial charge on any atom is 0.317 e. The number of piperidine rings is 1. The molecule has 1 aliphatic rings. The Balaban J connectivity index is 2.14. The van der Waals surface area contributed by atoms with Gasteiger partial charge in [0.25, 0.3) is 0 Å². The molecule has 2 N–H and O–H groups in total.